The number of hydrogen-bond donors (Lipinski definition) is 1. The molecule has 21 heavy (non-hydrogen) atoms. The first kappa shape index (κ1) is 16.0. The van der Waals surface area contributed by atoms with Crippen LogP contribution in [0.25, 0.3) is 0 Å². The summed E-state index contributed by atoms with van der Waals surface area (Å²) < 4.78 is 0. The summed E-state index contributed by atoms with van der Waals surface area (Å²) >= 11 is 1.61. The monoisotopic (exact) mass is 309 g/mol. The molecule has 1 saturated heterocycles. The van der Waals surface area contributed by atoms with Gasteiger partial charge in [-0.2, -0.15) is 0 Å². The first-order chi connectivity index (χ1) is 10.0. The van der Waals surface area contributed by atoms with Crippen molar-refractivity contribution in [2.45, 2.75) is 46.0 Å². The normalized spacial score (nSPS) is 18.2. The van der Waals surface area contributed by atoms with Crippen LogP contribution >= 0.6 is 11.3 Å². The topological polar surface area (TPSA) is 57.6 Å². The third kappa shape index (κ3) is 3.84. The fraction of sp³-hybridized carbons (Fsp3) is 0.625. The fourth-order valence-electron chi connectivity index (χ4n) is 2.90. The smallest absolute Gasteiger partial charge is 0.303 e. The van der Waals surface area contributed by atoms with Gasteiger partial charge in [-0.15, -0.1) is 11.3 Å². The Hall–Kier alpha value is -1.36. The summed E-state index contributed by atoms with van der Waals surface area (Å²) in [4.78, 5) is 27.3. The van der Waals surface area contributed by atoms with Crippen LogP contribution in [0, 0.1) is 5.92 Å². The van der Waals surface area contributed by atoms with Crippen LogP contribution in [0.2, 0.25) is 0 Å². The molecule has 1 amide bonds. The predicted molar refractivity (Wildman–Crippen MR) is 84.0 cm³/mol. The minimum absolute atomic E-state index is 0.0740. The maximum Gasteiger partial charge on any atom is 0.303 e. The molecule has 1 atom stereocenters. The molecule has 1 aliphatic heterocycles. The quantitative estimate of drug-likeness (QED) is 0.878. The molecule has 4 nitrogen and oxygen atoms in total. The van der Waals surface area contributed by atoms with E-state index in [1.807, 2.05) is 11.0 Å². The lowest BCUT2D eigenvalue weighted by atomic mass is 10.1. The van der Waals surface area contributed by atoms with E-state index in [-0.39, 0.29) is 18.2 Å². The number of carboxylic acids is 1. The van der Waals surface area contributed by atoms with Gasteiger partial charge in [-0.3, -0.25) is 9.59 Å². The molecule has 5 heteroatoms. The van der Waals surface area contributed by atoms with Crippen molar-refractivity contribution in [1.82, 2.24) is 4.90 Å². The molecule has 2 rings (SSSR count). The Balaban J connectivity index is 2.05. The average Bonchev–Trinajstić information content (AvgIpc) is 3.04. The molecule has 0 spiro atoms. The minimum Gasteiger partial charge on any atom is -0.481 e. The summed E-state index contributed by atoms with van der Waals surface area (Å²) in [7, 11) is 0. The predicted octanol–water partition coefficient (Wildman–Crippen LogP) is 3.20. The zero-order valence-electron chi connectivity index (χ0n) is 12.7. The van der Waals surface area contributed by atoms with Gasteiger partial charge in [-0.1, -0.05) is 20.3 Å². The lowest BCUT2D eigenvalue weighted by molar-refractivity contribution is -0.138. The number of carboxylic acid groups (broad SMARTS) is 1. The third-order valence-electron chi connectivity index (χ3n) is 4.00. The van der Waals surface area contributed by atoms with Crippen LogP contribution in [-0.2, 0) is 17.6 Å². The highest BCUT2D eigenvalue weighted by molar-refractivity contribution is 7.14. The van der Waals surface area contributed by atoms with Crippen molar-refractivity contribution in [3.63, 3.8) is 0 Å². The van der Waals surface area contributed by atoms with Gasteiger partial charge in [0.15, 0.2) is 0 Å². The number of amides is 1. The molecule has 0 radical (unpaired) electrons. The van der Waals surface area contributed by atoms with Gasteiger partial charge in [0, 0.05) is 24.4 Å². The Morgan fingerprint density at radius 1 is 1.43 bits per heavy atom. The van der Waals surface area contributed by atoms with Crippen molar-refractivity contribution in [2.24, 2.45) is 5.92 Å². The second-order valence-electron chi connectivity index (χ2n) is 5.67. The van der Waals surface area contributed by atoms with Crippen LogP contribution in [0.1, 0.15) is 53.2 Å². The summed E-state index contributed by atoms with van der Waals surface area (Å²) in [5.74, 6) is -0.596. The fourth-order valence-corrected chi connectivity index (χ4v) is 4.22. The van der Waals surface area contributed by atoms with Crippen LogP contribution < -0.4 is 0 Å². The van der Waals surface area contributed by atoms with Crippen LogP contribution in [-0.4, -0.2) is 35.0 Å². The highest BCUT2D eigenvalue weighted by atomic mass is 32.1. The molecule has 2 heterocycles. The number of carbonyl (C=O) groups excluding carboxylic acids is 1. The van der Waals surface area contributed by atoms with E-state index in [1.54, 1.807) is 11.3 Å². The molecule has 0 bridgehead atoms. The first-order valence-electron chi connectivity index (χ1n) is 7.67. The molecule has 1 fully saturated rings. The largest absolute Gasteiger partial charge is 0.481 e. The highest BCUT2D eigenvalue weighted by Gasteiger charge is 2.29. The van der Waals surface area contributed by atoms with E-state index in [1.165, 1.54) is 10.4 Å². The van der Waals surface area contributed by atoms with Gasteiger partial charge in [0.2, 0.25) is 0 Å². The molecular formula is C16H23NO3S. The second-order valence-corrected chi connectivity index (χ2v) is 6.80. The summed E-state index contributed by atoms with van der Waals surface area (Å²) in [6.45, 7) is 5.53. The first-order valence-corrected chi connectivity index (χ1v) is 8.49. The Bertz CT molecular complexity index is 524. The van der Waals surface area contributed by atoms with E-state index in [4.69, 9.17) is 5.11 Å². The van der Waals surface area contributed by atoms with E-state index >= 15 is 0 Å². The van der Waals surface area contributed by atoms with Gasteiger partial charge in [-0.05, 0) is 36.8 Å². The maximum atomic E-state index is 12.6. The average molecular weight is 309 g/mol. The Morgan fingerprint density at radius 2 is 2.19 bits per heavy atom. The lowest BCUT2D eigenvalue weighted by Crippen LogP contribution is -2.28. The number of likely N-dealkylation sites (tertiary alicyclic amines) is 1. The van der Waals surface area contributed by atoms with Crippen molar-refractivity contribution in [3.05, 3.63) is 21.4 Å². The number of aryl methyl sites for hydroxylation is 2. The van der Waals surface area contributed by atoms with Gasteiger partial charge in [0.05, 0.1) is 4.88 Å². The van der Waals surface area contributed by atoms with Gasteiger partial charge in [0.25, 0.3) is 5.91 Å². The van der Waals surface area contributed by atoms with Crippen LogP contribution in [0.4, 0.5) is 0 Å². The molecule has 0 aliphatic carbocycles. The number of rotatable bonds is 6. The SMILES string of the molecule is CCCc1sc(C(=O)N2CCC(CC(=O)O)C2)cc1CC. The van der Waals surface area contributed by atoms with Gasteiger partial charge < -0.3 is 10.0 Å². The van der Waals surface area contributed by atoms with Gasteiger partial charge in [0.1, 0.15) is 0 Å². The summed E-state index contributed by atoms with van der Waals surface area (Å²) in [5.41, 5.74) is 1.28. The zero-order valence-corrected chi connectivity index (χ0v) is 13.5. The van der Waals surface area contributed by atoms with Crippen molar-refractivity contribution in [3.8, 4) is 0 Å². The Morgan fingerprint density at radius 3 is 2.81 bits per heavy atom. The highest BCUT2D eigenvalue weighted by Crippen LogP contribution is 2.28. The van der Waals surface area contributed by atoms with Crippen LogP contribution in [0.15, 0.2) is 6.07 Å². The molecule has 1 aromatic rings. The van der Waals surface area contributed by atoms with E-state index in [0.717, 1.165) is 30.6 Å². The second kappa shape index (κ2) is 7.07. The standard InChI is InChI=1S/C16H23NO3S/c1-3-5-13-12(4-2)9-14(21-13)16(20)17-7-6-11(10-17)8-15(18)19/h9,11H,3-8,10H2,1-2H3,(H,18,19). The van der Waals surface area contributed by atoms with E-state index < -0.39 is 5.97 Å². The molecule has 116 valence electrons. The molecule has 1 N–H and O–H groups in total. The van der Waals surface area contributed by atoms with Crippen LogP contribution in [0.3, 0.4) is 0 Å². The lowest BCUT2D eigenvalue weighted by Gasteiger charge is -2.14. The molecule has 0 saturated carbocycles. The van der Waals surface area contributed by atoms with Crippen molar-refractivity contribution < 1.29 is 14.7 Å². The number of aliphatic carboxylic acids is 1. The van der Waals surface area contributed by atoms with Crippen molar-refractivity contribution >= 4 is 23.2 Å². The summed E-state index contributed by atoms with van der Waals surface area (Å²) in [6.07, 6.45) is 4.04. The number of carbonyl (C=O) groups is 2. The van der Waals surface area contributed by atoms with Gasteiger partial charge in [-0.25, -0.2) is 0 Å². The third-order valence-corrected chi connectivity index (χ3v) is 5.23. The molecule has 1 unspecified atom stereocenters. The van der Waals surface area contributed by atoms with Crippen molar-refractivity contribution in [1.29, 1.82) is 0 Å². The summed E-state index contributed by atoms with van der Waals surface area (Å²) in [5, 5.41) is 8.85. The maximum absolute atomic E-state index is 12.6. The zero-order chi connectivity index (χ0) is 15.4. The van der Waals surface area contributed by atoms with E-state index in [2.05, 4.69) is 13.8 Å². The molecular weight excluding hydrogens is 286 g/mol. The Labute approximate surface area is 129 Å². The molecule has 0 aromatic carbocycles. The molecule has 1 aromatic heterocycles. The summed E-state index contributed by atoms with van der Waals surface area (Å²) in [6, 6.07) is 2.03. The van der Waals surface area contributed by atoms with E-state index in [9.17, 15) is 9.59 Å². The number of hydrogen-bond acceptors (Lipinski definition) is 3. The van der Waals surface area contributed by atoms with Crippen LogP contribution in [0.5, 0.6) is 0 Å². The minimum atomic E-state index is -0.774. The molecule has 1 aliphatic rings. The van der Waals surface area contributed by atoms with Gasteiger partial charge >= 0.3 is 5.97 Å². The van der Waals surface area contributed by atoms with E-state index in [0.29, 0.717) is 13.1 Å². The Kier molecular flexibility index (Phi) is 5.39. The van der Waals surface area contributed by atoms with Crippen molar-refractivity contribution in [2.75, 3.05) is 13.1 Å². The number of nitrogens with zero attached hydrogens (tertiary/aromatic N) is 1. The number of thiophene rings is 1.